The molecule has 0 amide bonds. The van der Waals surface area contributed by atoms with Gasteiger partial charge in [0.05, 0.1) is 0 Å². The van der Waals surface area contributed by atoms with Crippen molar-refractivity contribution in [1.82, 2.24) is 0 Å². The van der Waals surface area contributed by atoms with E-state index in [1.165, 1.54) is 0 Å². The maximum absolute atomic E-state index is 11.2. The van der Waals surface area contributed by atoms with Gasteiger partial charge in [-0.25, -0.2) is 14.4 Å². The molecule has 6 rings (SSSR count). The number of ether oxygens (including phenoxy) is 9. The summed E-state index contributed by atoms with van der Waals surface area (Å²) in [6.07, 6.45) is -3.39. The van der Waals surface area contributed by atoms with Gasteiger partial charge in [0.15, 0.2) is 18.3 Å². The number of rotatable bonds is 12. The first-order valence-corrected chi connectivity index (χ1v) is 13.7. The summed E-state index contributed by atoms with van der Waals surface area (Å²) in [4.78, 5) is 33.5. The highest BCUT2D eigenvalue weighted by atomic mass is 16.8. The first kappa shape index (κ1) is 28.0. The van der Waals surface area contributed by atoms with Gasteiger partial charge >= 0.3 is 18.5 Å². The molecule has 0 spiro atoms. The van der Waals surface area contributed by atoms with E-state index in [4.69, 9.17) is 42.6 Å². The number of carbonyl (C=O) groups excluding carboxylic acids is 3. The van der Waals surface area contributed by atoms with Crippen molar-refractivity contribution in [3.63, 3.8) is 0 Å². The third-order valence-corrected chi connectivity index (χ3v) is 6.90. The zero-order valence-corrected chi connectivity index (χ0v) is 22.9. The lowest BCUT2D eigenvalue weighted by Crippen LogP contribution is -2.20. The van der Waals surface area contributed by atoms with Gasteiger partial charge in [0, 0.05) is 5.92 Å². The van der Waals surface area contributed by atoms with Gasteiger partial charge < -0.3 is 42.6 Å². The fraction of sp³-hybridized carbons (Fsp3) is 0.323. The molecule has 3 unspecified atom stereocenters. The maximum atomic E-state index is 11.2. The van der Waals surface area contributed by atoms with Crippen LogP contribution in [0.25, 0.3) is 0 Å². The molecular weight excluding hydrogens is 564 g/mol. The Morgan fingerprint density at radius 1 is 0.488 bits per heavy atom. The lowest BCUT2D eigenvalue weighted by atomic mass is 9.85. The molecule has 224 valence electrons. The number of cyclic esters (lactones) is 6. The Kier molecular flexibility index (Phi) is 8.34. The summed E-state index contributed by atoms with van der Waals surface area (Å²) in [5.74, 6) is 1.75. The van der Waals surface area contributed by atoms with Crippen LogP contribution in [0.1, 0.15) is 22.6 Å². The zero-order chi connectivity index (χ0) is 29.6. The Labute approximate surface area is 246 Å². The third kappa shape index (κ3) is 7.21. The molecule has 3 aliphatic heterocycles. The van der Waals surface area contributed by atoms with Crippen molar-refractivity contribution in [1.29, 1.82) is 0 Å². The molecule has 3 aromatic carbocycles. The second-order valence-corrected chi connectivity index (χ2v) is 9.98. The minimum Gasteiger partial charge on any atom is -0.490 e. The SMILES string of the molecule is O=C1OCC(COc2ccc(C(c3ccc(OCC4COC(=O)O4)cc3)c3ccc(OCC4COC(=O)O4)cc3)cc2)O1. The molecule has 0 aromatic heterocycles. The number of hydrogen-bond donors (Lipinski definition) is 0. The van der Waals surface area contributed by atoms with Crippen LogP contribution in [0.5, 0.6) is 17.2 Å². The van der Waals surface area contributed by atoms with Gasteiger partial charge in [0.1, 0.15) is 56.9 Å². The van der Waals surface area contributed by atoms with E-state index in [1.807, 2.05) is 72.8 Å². The van der Waals surface area contributed by atoms with Crippen LogP contribution in [0.3, 0.4) is 0 Å². The Balaban J connectivity index is 1.16. The fourth-order valence-electron chi connectivity index (χ4n) is 4.76. The number of carbonyl (C=O) groups is 3. The molecule has 12 heteroatoms. The summed E-state index contributed by atoms with van der Waals surface area (Å²) < 4.78 is 46.8. The Morgan fingerprint density at radius 2 is 0.767 bits per heavy atom. The lowest BCUT2D eigenvalue weighted by Gasteiger charge is -2.20. The van der Waals surface area contributed by atoms with Crippen molar-refractivity contribution in [2.75, 3.05) is 39.6 Å². The van der Waals surface area contributed by atoms with Crippen LogP contribution in [0.2, 0.25) is 0 Å². The Morgan fingerprint density at radius 3 is 1.00 bits per heavy atom. The van der Waals surface area contributed by atoms with Crippen LogP contribution >= 0.6 is 0 Å². The average molecular weight is 593 g/mol. The van der Waals surface area contributed by atoms with E-state index in [9.17, 15) is 14.4 Å². The standard InChI is InChI=1S/C31H28O12/c32-29-38-16-25(41-29)13-35-22-7-1-19(2-8-22)28(20-3-9-23(10-4-20)36-14-26-17-39-30(33)42-26)21-5-11-24(12-6-21)37-15-27-18-40-31(34)43-27/h1-12,25-28H,13-18H2. The molecule has 0 bridgehead atoms. The molecule has 0 saturated carbocycles. The Hall–Kier alpha value is -5.13. The smallest absolute Gasteiger partial charge is 0.490 e. The molecule has 3 aromatic rings. The zero-order valence-electron chi connectivity index (χ0n) is 22.9. The minimum atomic E-state index is -0.688. The summed E-state index contributed by atoms with van der Waals surface area (Å²) in [6, 6.07) is 23.1. The molecule has 3 atom stereocenters. The predicted molar refractivity (Wildman–Crippen MR) is 145 cm³/mol. The summed E-state index contributed by atoms with van der Waals surface area (Å²) in [5.41, 5.74) is 3.03. The van der Waals surface area contributed by atoms with E-state index in [0.717, 1.165) is 16.7 Å². The van der Waals surface area contributed by atoms with Gasteiger partial charge in [-0.15, -0.1) is 0 Å². The molecule has 0 radical (unpaired) electrons. The molecule has 3 saturated heterocycles. The molecule has 0 N–H and O–H groups in total. The predicted octanol–water partition coefficient (Wildman–Crippen LogP) is 4.61. The van der Waals surface area contributed by atoms with Gasteiger partial charge in [-0.2, -0.15) is 0 Å². The molecule has 0 aliphatic carbocycles. The first-order valence-electron chi connectivity index (χ1n) is 13.7. The van der Waals surface area contributed by atoms with Crippen LogP contribution in [0.4, 0.5) is 14.4 Å². The maximum Gasteiger partial charge on any atom is 0.508 e. The second-order valence-electron chi connectivity index (χ2n) is 9.98. The number of benzene rings is 3. The summed E-state index contributed by atoms with van der Waals surface area (Å²) >= 11 is 0. The quantitative estimate of drug-likeness (QED) is 0.165. The lowest BCUT2D eigenvalue weighted by molar-refractivity contribution is 0.0977. The highest BCUT2D eigenvalue weighted by molar-refractivity contribution is 5.62. The topological polar surface area (TPSA) is 134 Å². The van der Waals surface area contributed by atoms with Gasteiger partial charge in [-0.05, 0) is 53.1 Å². The molecular formula is C31H28O12. The van der Waals surface area contributed by atoms with E-state index in [2.05, 4.69) is 0 Å². The highest BCUT2D eigenvalue weighted by Gasteiger charge is 2.27. The number of hydrogen-bond acceptors (Lipinski definition) is 12. The van der Waals surface area contributed by atoms with Crippen LogP contribution in [0, 0.1) is 0 Å². The summed E-state index contributed by atoms with van der Waals surface area (Å²) in [7, 11) is 0. The fourth-order valence-corrected chi connectivity index (χ4v) is 4.76. The van der Waals surface area contributed by atoms with Crippen LogP contribution in [0.15, 0.2) is 72.8 Å². The van der Waals surface area contributed by atoms with Gasteiger partial charge in [0.25, 0.3) is 0 Å². The molecule has 3 heterocycles. The molecule has 12 nitrogen and oxygen atoms in total. The van der Waals surface area contributed by atoms with Gasteiger partial charge in [-0.3, -0.25) is 0 Å². The highest BCUT2D eigenvalue weighted by Crippen LogP contribution is 2.35. The van der Waals surface area contributed by atoms with Crippen molar-refractivity contribution < 1.29 is 57.0 Å². The van der Waals surface area contributed by atoms with E-state index in [0.29, 0.717) is 17.2 Å². The van der Waals surface area contributed by atoms with E-state index >= 15 is 0 Å². The van der Waals surface area contributed by atoms with E-state index in [1.54, 1.807) is 0 Å². The van der Waals surface area contributed by atoms with E-state index in [-0.39, 0.29) is 45.6 Å². The van der Waals surface area contributed by atoms with Crippen molar-refractivity contribution >= 4 is 18.5 Å². The first-order chi connectivity index (χ1) is 21.0. The van der Waals surface area contributed by atoms with Gasteiger partial charge in [-0.1, -0.05) is 36.4 Å². The van der Waals surface area contributed by atoms with Crippen LogP contribution in [-0.2, 0) is 28.4 Å². The second kappa shape index (κ2) is 12.8. The average Bonchev–Trinajstić information content (AvgIpc) is 3.77. The largest absolute Gasteiger partial charge is 0.508 e. The summed E-state index contributed by atoms with van der Waals surface area (Å²) in [6.45, 7) is 1.06. The molecule has 3 fully saturated rings. The normalized spacial score (nSPS) is 21.5. The van der Waals surface area contributed by atoms with Crippen molar-refractivity contribution in [3.05, 3.63) is 89.5 Å². The molecule has 3 aliphatic rings. The third-order valence-electron chi connectivity index (χ3n) is 6.90. The van der Waals surface area contributed by atoms with Crippen LogP contribution in [-0.4, -0.2) is 76.4 Å². The van der Waals surface area contributed by atoms with Crippen molar-refractivity contribution in [2.24, 2.45) is 0 Å². The van der Waals surface area contributed by atoms with Gasteiger partial charge in [0.2, 0.25) is 0 Å². The van der Waals surface area contributed by atoms with Crippen LogP contribution < -0.4 is 14.2 Å². The summed E-state index contributed by atoms with van der Waals surface area (Å²) in [5, 5.41) is 0. The minimum absolute atomic E-state index is 0.144. The van der Waals surface area contributed by atoms with E-state index < -0.39 is 36.8 Å². The van der Waals surface area contributed by atoms with Crippen molar-refractivity contribution in [2.45, 2.75) is 24.2 Å². The van der Waals surface area contributed by atoms with Crippen molar-refractivity contribution in [3.8, 4) is 17.2 Å². The monoisotopic (exact) mass is 592 g/mol. The Bertz CT molecular complexity index is 1250. The molecule has 43 heavy (non-hydrogen) atoms.